The predicted octanol–water partition coefficient (Wildman–Crippen LogP) is 2.46. The molecule has 0 atom stereocenters. The minimum atomic E-state index is -2.78. The van der Waals surface area contributed by atoms with Gasteiger partial charge in [-0.15, -0.1) is 0 Å². The molecule has 0 aromatic heterocycles. The van der Waals surface area contributed by atoms with Gasteiger partial charge in [0.05, 0.1) is 0 Å². The van der Waals surface area contributed by atoms with E-state index in [1.807, 2.05) is 0 Å². The molecule has 0 aliphatic carbocycles. The Morgan fingerprint density at radius 2 is 1.50 bits per heavy atom. The molecule has 0 amide bonds. The van der Waals surface area contributed by atoms with Crippen molar-refractivity contribution < 1.29 is 20.1 Å². The average molecular weight is 340 g/mol. The van der Waals surface area contributed by atoms with Crippen molar-refractivity contribution in [1.82, 2.24) is 0 Å². The van der Waals surface area contributed by atoms with Crippen molar-refractivity contribution in [3.63, 3.8) is 0 Å². The summed E-state index contributed by atoms with van der Waals surface area (Å²) in [6, 6.07) is 5.36. The first-order valence-electron chi connectivity index (χ1n) is 4.32. The summed E-state index contributed by atoms with van der Waals surface area (Å²) in [5.74, 6) is -1.43. The van der Waals surface area contributed by atoms with E-state index in [0.29, 0.717) is 3.57 Å². The second-order valence-electron chi connectivity index (χ2n) is 2.79. The van der Waals surface area contributed by atoms with Crippen LogP contribution < -0.4 is 0 Å². The first kappa shape index (κ1) is 12.9. The van der Waals surface area contributed by atoms with Crippen LogP contribution in [0.5, 0.6) is 0 Å². The van der Waals surface area contributed by atoms with Crippen LogP contribution in [0.1, 0.15) is 13.8 Å². The van der Waals surface area contributed by atoms with Crippen molar-refractivity contribution >= 4 is 32.6 Å². The maximum atomic E-state index is 12.7. The van der Waals surface area contributed by atoms with Gasteiger partial charge in [0.15, 0.2) is 0 Å². The molecule has 0 aliphatic heterocycles. The second kappa shape index (κ2) is 5.78. The zero-order valence-electron chi connectivity index (χ0n) is 8.70. The van der Waals surface area contributed by atoms with E-state index >= 15 is 0 Å². The van der Waals surface area contributed by atoms with Gasteiger partial charge in [-0.25, -0.2) is 0 Å². The molecule has 0 radical (unpaired) electrons. The number of halogens is 2. The van der Waals surface area contributed by atoms with E-state index in [1.165, 1.54) is 38.1 Å². The van der Waals surface area contributed by atoms with Gasteiger partial charge in [0.25, 0.3) is 0 Å². The van der Waals surface area contributed by atoms with Crippen LogP contribution in [-0.2, 0) is 15.7 Å². The maximum absolute atomic E-state index is 12.7. The van der Waals surface area contributed by atoms with Gasteiger partial charge in [-0.2, -0.15) is 0 Å². The second-order valence-corrected chi connectivity index (χ2v) is 6.16. The normalized spacial score (nSPS) is 10.6. The molecule has 0 saturated carbocycles. The van der Waals surface area contributed by atoms with E-state index in [0.717, 1.165) is 0 Å². The predicted molar refractivity (Wildman–Crippen MR) is 62.6 cm³/mol. The Balaban J connectivity index is 2.86. The zero-order chi connectivity index (χ0) is 12.1. The van der Waals surface area contributed by atoms with E-state index in [4.69, 9.17) is 6.13 Å². The molecule has 1 rings (SSSR count). The molecule has 88 valence electrons. The van der Waals surface area contributed by atoms with Crippen LogP contribution in [0.2, 0.25) is 0 Å². The van der Waals surface area contributed by atoms with Crippen molar-refractivity contribution in [2.24, 2.45) is 0 Å². The third kappa shape index (κ3) is 4.13. The van der Waals surface area contributed by atoms with Gasteiger partial charge >= 0.3 is 100 Å². The van der Waals surface area contributed by atoms with E-state index in [-0.39, 0.29) is 0 Å². The number of hydrogen-bond acceptors (Lipinski definition) is 4. The summed E-state index contributed by atoms with van der Waals surface area (Å²) < 4.78 is 23.1. The topological polar surface area (TPSA) is 52.6 Å². The summed E-state index contributed by atoms with van der Waals surface area (Å²) in [4.78, 5) is 21.7. The molecule has 0 saturated heterocycles. The fraction of sp³-hybridized carbons (Fsp3) is 0.200. The molecule has 0 heterocycles. The molecule has 1 aromatic carbocycles. The molecule has 16 heavy (non-hydrogen) atoms. The van der Waals surface area contributed by atoms with E-state index in [2.05, 4.69) is 0 Å². The Hall–Kier alpha value is -1.18. The van der Waals surface area contributed by atoms with Crippen molar-refractivity contribution in [1.29, 1.82) is 0 Å². The van der Waals surface area contributed by atoms with Crippen molar-refractivity contribution in [3.8, 4) is 0 Å². The average Bonchev–Trinajstić information content (AvgIpc) is 2.16. The Morgan fingerprint density at radius 1 is 1.06 bits per heavy atom. The molecular formula is C10H10FIO4. The van der Waals surface area contributed by atoms with E-state index < -0.39 is 38.4 Å². The Labute approximate surface area is 100 Å². The standard InChI is InChI=1S/C10H10FIO4/c1-7(13)15-12(16-8(2)14)10-5-3-9(11)4-6-10/h3-6H,1-2H3. The van der Waals surface area contributed by atoms with Crippen LogP contribution in [0.25, 0.3) is 0 Å². The molecule has 0 N–H and O–H groups in total. The van der Waals surface area contributed by atoms with Crippen LogP contribution in [0, 0.1) is 9.39 Å². The van der Waals surface area contributed by atoms with Crippen LogP contribution in [0.3, 0.4) is 0 Å². The molecule has 0 bridgehead atoms. The van der Waals surface area contributed by atoms with Crippen molar-refractivity contribution in [3.05, 3.63) is 33.7 Å². The summed E-state index contributed by atoms with van der Waals surface area (Å²) in [6.45, 7) is 2.47. The summed E-state index contributed by atoms with van der Waals surface area (Å²) in [5, 5.41) is 0. The monoisotopic (exact) mass is 340 g/mol. The zero-order valence-corrected chi connectivity index (χ0v) is 10.9. The van der Waals surface area contributed by atoms with Crippen molar-refractivity contribution in [2.45, 2.75) is 13.8 Å². The van der Waals surface area contributed by atoms with Gasteiger partial charge in [0.2, 0.25) is 0 Å². The van der Waals surface area contributed by atoms with E-state index in [9.17, 15) is 14.0 Å². The molecule has 0 aliphatic rings. The minimum absolute atomic E-state index is 0.398. The summed E-state index contributed by atoms with van der Waals surface area (Å²) in [6.07, 6.45) is 0. The van der Waals surface area contributed by atoms with Crippen LogP contribution >= 0.6 is 20.6 Å². The van der Waals surface area contributed by atoms with Gasteiger partial charge in [0, 0.05) is 0 Å². The van der Waals surface area contributed by atoms with Crippen LogP contribution in [-0.4, -0.2) is 11.9 Å². The van der Waals surface area contributed by atoms with E-state index in [1.54, 1.807) is 0 Å². The van der Waals surface area contributed by atoms with Gasteiger partial charge in [0.1, 0.15) is 0 Å². The van der Waals surface area contributed by atoms with Gasteiger partial charge in [-0.1, -0.05) is 0 Å². The third-order valence-corrected chi connectivity index (χ3v) is 5.12. The summed E-state index contributed by atoms with van der Waals surface area (Å²) >= 11 is -2.78. The first-order chi connectivity index (χ1) is 7.49. The van der Waals surface area contributed by atoms with Crippen LogP contribution in [0.15, 0.2) is 24.3 Å². The van der Waals surface area contributed by atoms with Gasteiger partial charge in [-0.3, -0.25) is 0 Å². The number of hydrogen-bond donors (Lipinski definition) is 0. The molecule has 4 nitrogen and oxygen atoms in total. The summed E-state index contributed by atoms with van der Waals surface area (Å²) in [5.41, 5.74) is 0. The summed E-state index contributed by atoms with van der Waals surface area (Å²) in [7, 11) is 0. The SMILES string of the molecule is CC(=O)OI(OC(C)=O)c1ccc(F)cc1. The van der Waals surface area contributed by atoms with Crippen LogP contribution in [0.4, 0.5) is 4.39 Å². The third-order valence-electron chi connectivity index (χ3n) is 1.34. The molecule has 6 heteroatoms. The molecular weight excluding hydrogens is 330 g/mol. The number of carbonyl (C=O) groups excluding carboxylic acids is 2. The van der Waals surface area contributed by atoms with Gasteiger partial charge < -0.3 is 0 Å². The fourth-order valence-electron chi connectivity index (χ4n) is 0.835. The number of carbonyl (C=O) groups is 2. The molecule has 0 fully saturated rings. The van der Waals surface area contributed by atoms with Crippen molar-refractivity contribution in [2.75, 3.05) is 0 Å². The Bertz CT molecular complexity index is 374. The number of benzene rings is 1. The molecule has 1 aromatic rings. The molecule has 0 unspecified atom stereocenters. The number of rotatable bonds is 3. The Morgan fingerprint density at radius 3 is 1.88 bits per heavy atom. The van der Waals surface area contributed by atoms with Gasteiger partial charge in [-0.05, 0) is 0 Å². The Kier molecular flexibility index (Phi) is 4.66. The molecule has 0 spiro atoms. The quantitative estimate of drug-likeness (QED) is 0.794. The first-order valence-corrected chi connectivity index (χ1v) is 7.16. The fourth-order valence-corrected chi connectivity index (χ4v) is 3.51.